The largest absolute Gasteiger partial charge is 0.380 e. The van der Waals surface area contributed by atoms with Crippen molar-refractivity contribution in [3.63, 3.8) is 0 Å². The molecule has 0 aliphatic carbocycles. The number of anilines is 1. The highest BCUT2D eigenvalue weighted by atomic mass is 32.2. The maximum Gasteiger partial charge on any atom is 0.243 e. The number of ether oxygens (including phenoxy) is 1. The molecule has 1 heterocycles. The number of sulfonamides is 1. The van der Waals surface area contributed by atoms with Crippen LogP contribution in [0.3, 0.4) is 0 Å². The molecule has 0 atom stereocenters. The Morgan fingerprint density at radius 2 is 1.90 bits per heavy atom. The third-order valence-corrected chi connectivity index (χ3v) is 3.96. The van der Waals surface area contributed by atoms with Crippen molar-refractivity contribution in [2.45, 2.75) is 25.2 Å². The SMILES string of the molecule is CNc1ncc(S(=O)(=O)NCCOCCC(C)C)cn1. The summed E-state index contributed by atoms with van der Waals surface area (Å²) < 4.78 is 31.6. The van der Waals surface area contributed by atoms with Gasteiger partial charge in [-0.1, -0.05) is 13.8 Å². The zero-order valence-electron chi connectivity index (χ0n) is 12.1. The topological polar surface area (TPSA) is 93.2 Å². The second kappa shape index (κ2) is 8.13. The van der Waals surface area contributed by atoms with Gasteiger partial charge in [-0.25, -0.2) is 23.1 Å². The Bertz CT molecular complexity index is 488. The lowest BCUT2D eigenvalue weighted by molar-refractivity contribution is 0.128. The van der Waals surface area contributed by atoms with Crippen LogP contribution < -0.4 is 10.0 Å². The van der Waals surface area contributed by atoms with E-state index in [1.165, 1.54) is 12.4 Å². The fourth-order valence-corrected chi connectivity index (χ4v) is 2.24. The molecule has 0 fully saturated rings. The van der Waals surface area contributed by atoms with Gasteiger partial charge in [-0.15, -0.1) is 0 Å². The predicted molar refractivity (Wildman–Crippen MR) is 77.0 cm³/mol. The molecular weight excluding hydrogens is 280 g/mol. The second-order valence-corrected chi connectivity index (χ2v) is 6.45. The number of aromatic nitrogens is 2. The van der Waals surface area contributed by atoms with Gasteiger partial charge in [-0.05, 0) is 12.3 Å². The van der Waals surface area contributed by atoms with E-state index in [1.54, 1.807) is 7.05 Å². The lowest BCUT2D eigenvalue weighted by Gasteiger charge is -2.08. The highest BCUT2D eigenvalue weighted by molar-refractivity contribution is 7.89. The highest BCUT2D eigenvalue weighted by Gasteiger charge is 2.14. The zero-order chi connectivity index (χ0) is 15.0. The van der Waals surface area contributed by atoms with E-state index in [1.807, 2.05) is 0 Å². The summed E-state index contributed by atoms with van der Waals surface area (Å²) in [6, 6.07) is 0. The molecule has 0 unspecified atom stereocenters. The minimum atomic E-state index is -3.57. The number of rotatable bonds is 9. The van der Waals surface area contributed by atoms with Crippen LogP contribution in [-0.4, -0.2) is 45.2 Å². The Morgan fingerprint density at radius 3 is 2.45 bits per heavy atom. The predicted octanol–water partition coefficient (Wildman–Crippen LogP) is 0.859. The minimum Gasteiger partial charge on any atom is -0.380 e. The first kappa shape index (κ1) is 16.8. The summed E-state index contributed by atoms with van der Waals surface area (Å²) in [6.07, 6.45) is 3.49. The summed E-state index contributed by atoms with van der Waals surface area (Å²) in [5.41, 5.74) is 0. The number of hydrogen-bond acceptors (Lipinski definition) is 6. The maximum absolute atomic E-state index is 11.9. The van der Waals surface area contributed by atoms with Gasteiger partial charge >= 0.3 is 0 Å². The standard InChI is InChI=1S/C12H22N4O3S/c1-10(2)4-6-19-7-5-16-20(17,18)11-8-14-12(13-3)15-9-11/h8-10,16H,4-7H2,1-3H3,(H,13,14,15). The van der Waals surface area contributed by atoms with Crippen LogP contribution in [0.15, 0.2) is 17.3 Å². The Kier molecular flexibility index (Phi) is 6.83. The van der Waals surface area contributed by atoms with Crippen LogP contribution in [0.5, 0.6) is 0 Å². The highest BCUT2D eigenvalue weighted by Crippen LogP contribution is 2.06. The van der Waals surface area contributed by atoms with E-state index in [-0.39, 0.29) is 11.4 Å². The molecule has 7 nitrogen and oxygen atoms in total. The van der Waals surface area contributed by atoms with Crippen LogP contribution in [0.2, 0.25) is 0 Å². The van der Waals surface area contributed by atoms with Gasteiger partial charge in [0.15, 0.2) is 0 Å². The number of nitrogens with one attached hydrogen (secondary N) is 2. The minimum absolute atomic E-state index is 0.0404. The Labute approximate surface area is 120 Å². The van der Waals surface area contributed by atoms with Gasteiger partial charge in [0, 0.05) is 20.2 Å². The quantitative estimate of drug-likeness (QED) is 0.657. The van der Waals surface area contributed by atoms with Gasteiger partial charge in [0.2, 0.25) is 16.0 Å². The van der Waals surface area contributed by atoms with Gasteiger partial charge in [-0.3, -0.25) is 0 Å². The van der Waals surface area contributed by atoms with Crippen LogP contribution in [-0.2, 0) is 14.8 Å². The Balaban J connectivity index is 2.37. The zero-order valence-corrected chi connectivity index (χ0v) is 12.9. The molecule has 8 heteroatoms. The van der Waals surface area contributed by atoms with E-state index in [0.717, 1.165) is 6.42 Å². The van der Waals surface area contributed by atoms with Crippen LogP contribution >= 0.6 is 0 Å². The molecule has 0 radical (unpaired) electrons. The lowest BCUT2D eigenvalue weighted by atomic mass is 10.1. The third kappa shape index (κ3) is 5.81. The molecule has 2 N–H and O–H groups in total. The summed E-state index contributed by atoms with van der Waals surface area (Å²) in [7, 11) is -1.91. The summed E-state index contributed by atoms with van der Waals surface area (Å²) >= 11 is 0. The molecular formula is C12H22N4O3S. The number of nitrogens with zero attached hydrogens (tertiary/aromatic N) is 2. The fourth-order valence-electron chi connectivity index (χ4n) is 1.34. The van der Waals surface area contributed by atoms with Crippen molar-refractivity contribution >= 4 is 16.0 Å². The first-order valence-electron chi connectivity index (χ1n) is 6.53. The summed E-state index contributed by atoms with van der Waals surface area (Å²) in [5, 5.41) is 2.72. The average Bonchev–Trinajstić information content (AvgIpc) is 2.42. The lowest BCUT2D eigenvalue weighted by Crippen LogP contribution is -2.28. The van der Waals surface area contributed by atoms with E-state index in [9.17, 15) is 8.42 Å². The van der Waals surface area contributed by atoms with E-state index in [0.29, 0.717) is 25.1 Å². The van der Waals surface area contributed by atoms with Crippen molar-refractivity contribution in [3.05, 3.63) is 12.4 Å². The molecule has 0 aliphatic rings. The molecule has 0 saturated carbocycles. The molecule has 0 amide bonds. The van der Waals surface area contributed by atoms with Crippen LogP contribution in [0.1, 0.15) is 20.3 Å². The molecule has 0 saturated heterocycles. The van der Waals surface area contributed by atoms with Crippen molar-refractivity contribution in [1.82, 2.24) is 14.7 Å². The van der Waals surface area contributed by atoms with Crippen molar-refractivity contribution in [3.8, 4) is 0 Å². The van der Waals surface area contributed by atoms with Crippen molar-refractivity contribution in [2.24, 2.45) is 5.92 Å². The summed E-state index contributed by atoms with van der Waals surface area (Å²) in [5.74, 6) is 0.954. The van der Waals surface area contributed by atoms with Gasteiger partial charge in [0.05, 0.1) is 19.0 Å². The molecule has 114 valence electrons. The number of hydrogen-bond donors (Lipinski definition) is 2. The second-order valence-electron chi connectivity index (χ2n) is 4.69. The van der Waals surface area contributed by atoms with Crippen LogP contribution in [0, 0.1) is 5.92 Å². The van der Waals surface area contributed by atoms with Gasteiger partial charge in [-0.2, -0.15) is 0 Å². The van der Waals surface area contributed by atoms with Gasteiger partial charge in [0.1, 0.15) is 4.90 Å². The van der Waals surface area contributed by atoms with E-state index < -0.39 is 10.0 Å². The molecule has 0 aliphatic heterocycles. The molecule has 1 aromatic rings. The summed E-state index contributed by atoms with van der Waals surface area (Å²) in [4.78, 5) is 7.78. The molecule has 0 bridgehead atoms. The van der Waals surface area contributed by atoms with Crippen molar-refractivity contribution < 1.29 is 13.2 Å². The van der Waals surface area contributed by atoms with Crippen molar-refractivity contribution in [1.29, 1.82) is 0 Å². The van der Waals surface area contributed by atoms with Crippen LogP contribution in [0.4, 0.5) is 5.95 Å². The molecule has 1 aromatic heterocycles. The monoisotopic (exact) mass is 302 g/mol. The summed E-state index contributed by atoms with van der Waals surface area (Å²) in [6.45, 7) is 5.44. The van der Waals surface area contributed by atoms with Crippen LogP contribution in [0.25, 0.3) is 0 Å². The fraction of sp³-hybridized carbons (Fsp3) is 0.667. The molecule has 0 spiro atoms. The first-order chi connectivity index (χ1) is 9.45. The smallest absolute Gasteiger partial charge is 0.243 e. The third-order valence-electron chi connectivity index (χ3n) is 2.54. The molecule has 0 aromatic carbocycles. The normalized spacial score (nSPS) is 11.8. The first-order valence-corrected chi connectivity index (χ1v) is 8.01. The average molecular weight is 302 g/mol. The van der Waals surface area contributed by atoms with Gasteiger partial charge in [0.25, 0.3) is 0 Å². The van der Waals surface area contributed by atoms with E-state index >= 15 is 0 Å². The van der Waals surface area contributed by atoms with Gasteiger partial charge < -0.3 is 10.1 Å². The molecule has 20 heavy (non-hydrogen) atoms. The molecule has 1 rings (SSSR count). The van der Waals surface area contributed by atoms with E-state index in [2.05, 4.69) is 33.9 Å². The Morgan fingerprint density at radius 1 is 1.25 bits per heavy atom. The van der Waals surface area contributed by atoms with E-state index in [4.69, 9.17) is 4.74 Å². The maximum atomic E-state index is 11.9. The Hall–Kier alpha value is -1.25. The van der Waals surface area contributed by atoms with Crippen molar-refractivity contribution in [2.75, 3.05) is 32.1 Å².